The summed E-state index contributed by atoms with van der Waals surface area (Å²) in [5.74, 6) is 0.878. The van der Waals surface area contributed by atoms with E-state index in [1.165, 1.54) is 0 Å². The first-order valence-corrected chi connectivity index (χ1v) is 6.30. The van der Waals surface area contributed by atoms with E-state index in [2.05, 4.69) is 4.90 Å². The first-order valence-electron chi connectivity index (χ1n) is 5.92. The summed E-state index contributed by atoms with van der Waals surface area (Å²) in [5.41, 5.74) is 6.74. The molecular formula is C13H15ClN2O. The van der Waals surface area contributed by atoms with Crippen molar-refractivity contribution in [3.8, 4) is 0 Å². The Labute approximate surface area is 105 Å². The van der Waals surface area contributed by atoms with Gasteiger partial charge in [0, 0.05) is 30.6 Å². The highest BCUT2D eigenvalue weighted by Crippen LogP contribution is 2.32. The van der Waals surface area contributed by atoms with Crippen molar-refractivity contribution in [3.05, 3.63) is 29.3 Å². The van der Waals surface area contributed by atoms with E-state index in [-0.39, 0.29) is 6.04 Å². The molecule has 90 valence electrons. The second-order valence-electron chi connectivity index (χ2n) is 4.59. The summed E-state index contributed by atoms with van der Waals surface area (Å²) in [6, 6.07) is 8.08. The number of halogens is 1. The summed E-state index contributed by atoms with van der Waals surface area (Å²) in [4.78, 5) is 2.20. The van der Waals surface area contributed by atoms with Crippen molar-refractivity contribution in [1.29, 1.82) is 0 Å². The van der Waals surface area contributed by atoms with E-state index in [4.69, 9.17) is 21.8 Å². The van der Waals surface area contributed by atoms with Gasteiger partial charge in [-0.15, -0.1) is 0 Å². The van der Waals surface area contributed by atoms with Gasteiger partial charge < -0.3 is 15.1 Å². The van der Waals surface area contributed by atoms with Crippen LogP contribution in [0.1, 0.15) is 12.8 Å². The van der Waals surface area contributed by atoms with E-state index in [9.17, 15) is 0 Å². The van der Waals surface area contributed by atoms with E-state index >= 15 is 0 Å². The van der Waals surface area contributed by atoms with Crippen molar-refractivity contribution in [2.45, 2.75) is 18.9 Å². The largest absolute Gasteiger partial charge is 0.439 e. The quantitative estimate of drug-likeness (QED) is 0.846. The van der Waals surface area contributed by atoms with Crippen LogP contribution in [0.2, 0.25) is 5.02 Å². The molecule has 1 aliphatic heterocycles. The highest BCUT2D eigenvalue weighted by Gasteiger charge is 2.20. The molecule has 3 rings (SSSR count). The van der Waals surface area contributed by atoms with Crippen molar-refractivity contribution in [2.75, 3.05) is 18.0 Å². The number of anilines is 1. The molecule has 1 saturated heterocycles. The SMILES string of the molecule is NC1CCCN(c2cc3cccc(Cl)c3o2)C1. The van der Waals surface area contributed by atoms with Crippen molar-refractivity contribution in [1.82, 2.24) is 0 Å². The van der Waals surface area contributed by atoms with Crippen LogP contribution in [0.15, 0.2) is 28.7 Å². The third-order valence-corrected chi connectivity index (χ3v) is 3.55. The van der Waals surface area contributed by atoms with Crippen LogP contribution in [-0.4, -0.2) is 19.1 Å². The minimum Gasteiger partial charge on any atom is -0.439 e. The highest BCUT2D eigenvalue weighted by atomic mass is 35.5. The van der Waals surface area contributed by atoms with E-state index in [1.807, 2.05) is 24.3 Å². The van der Waals surface area contributed by atoms with Gasteiger partial charge in [-0.25, -0.2) is 0 Å². The van der Waals surface area contributed by atoms with Crippen LogP contribution in [0.4, 0.5) is 5.88 Å². The van der Waals surface area contributed by atoms with Crippen LogP contribution in [0.5, 0.6) is 0 Å². The van der Waals surface area contributed by atoms with Crippen LogP contribution >= 0.6 is 11.6 Å². The topological polar surface area (TPSA) is 42.4 Å². The number of nitrogens with zero attached hydrogens (tertiary/aromatic N) is 1. The van der Waals surface area contributed by atoms with Crippen LogP contribution in [-0.2, 0) is 0 Å². The molecule has 1 unspecified atom stereocenters. The number of piperidine rings is 1. The van der Waals surface area contributed by atoms with Gasteiger partial charge in [-0.1, -0.05) is 23.7 Å². The van der Waals surface area contributed by atoms with E-state index in [0.29, 0.717) is 5.02 Å². The summed E-state index contributed by atoms with van der Waals surface area (Å²) >= 11 is 6.10. The van der Waals surface area contributed by atoms with Crippen LogP contribution in [0.25, 0.3) is 11.0 Å². The smallest absolute Gasteiger partial charge is 0.196 e. The number of nitrogens with two attached hydrogens (primary N) is 1. The molecule has 2 heterocycles. The van der Waals surface area contributed by atoms with Crippen LogP contribution in [0, 0.1) is 0 Å². The maximum atomic E-state index is 6.10. The zero-order chi connectivity index (χ0) is 11.8. The van der Waals surface area contributed by atoms with E-state index in [1.54, 1.807) is 0 Å². The predicted octanol–water partition coefficient (Wildman–Crippen LogP) is 3.01. The number of furan rings is 1. The van der Waals surface area contributed by atoms with Gasteiger partial charge in [0.2, 0.25) is 0 Å². The molecule has 0 radical (unpaired) electrons. The number of rotatable bonds is 1. The average molecular weight is 251 g/mol. The maximum absolute atomic E-state index is 6.10. The van der Waals surface area contributed by atoms with Gasteiger partial charge in [0.15, 0.2) is 11.5 Å². The number of benzene rings is 1. The first-order chi connectivity index (χ1) is 8.24. The fraction of sp³-hybridized carbons (Fsp3) is 0.385. The van der Waals surface area contributed by atoms with Gasteiger partial charge in [-0.05, 0) is 18.9 Å². The number of para-hydroxylation sites is 1. The Bertz CT molecular complexity index is 537. The van der Waals surface area contributed by atoms with Gasteiger partial charge in [0.25, 0.3) is 0 Å². The lowest BCUT2D eigenvalue weighted by atomic mass is 10.1. The van der Waals surface area contributed by atoms with Crippen LogP contribution in [0.3, 0.4) is 0 Å². The molecule has 0 amide bonds. The molecule has 1 fully saturated rings. The second kappa shape index (κ2) is 4.24. The summed E-state index contributed by atoms with van der Waals surface area (Å²) < 4.78 is 5.83. The second-order valence-corrected chi connectivity index (χ2v) is 5.00. The van der Waals surface area contributed by atoms with E-state index < -0.39 is 0 Å². The Balaban J connectivity index is 1.97. The van der Waals surface area contributed by atoms with Gasteiger partial charge in [0.1, 0.15) is 0 Å². The number of hydrogen-bond donors (Lipinski definition) is 1. The van der Waals surface area contributed by atoms with Gasteiger partial charge in [-0.3, -0.25) is 0 Å². The van der Waals surface area contributed by atoms with Crippen molar-refractivity contribution >= 4 is 28.5 Å². The fourth-order valence-electron chi connectivity index (χ4n) is 2.38. The Morgan fingerprint density at radius 1 is 1.41 bits per heavy atom. The van der Waals surface area contributed by atoms with Gasteiger partial charge >= 0.3 is 0 Å². The average Bonchev–Trinajstić information content (AvgIpc) is 2.74. The molecule has 1 atom stereocenters. The maximum Gasteiger partial charge on any atom is 0.196 e. The molecular weight excluding hydrogens is 236 g/mol. The van der Waals surface area contributed by atoms with Crippen molar-refractivity contribution in [2.24, 2.45) is 5.73 Å². The molecule has 1 aromatic carbocycles. The Morgan fingerprint density at radius 2 is 2.29 bits per heavy atom. The molecule has 0 saturated carbocycles. The predicted molar refractivity (Wildman–Crippen MR) is 70.6 cm³/mol. The summed E-state index contributed by atoms with van der Waals surface area (Å²) in [6.07, 6.45) is 2.21. The highest BCUT2D eigenvalue weighted by molar-refractivity contribution is 6.34. The Kier molecular flexibility index (Phi) is 2.73. The molecule has 0 aliphatic carbocycles. The van der Waals surface area contributed by atoms with Crippen LogP contribution < -0.4 is 10.6 Å². The molecule has 17 heavy (non-hydrogen) atoms. The third-order valence-electron chi connectivity index (χ3n) is 3.25. The Morgan fingerprint density at radius 3 is 3.06 bits per heavy atom. The lowest BCUT2D eigenvalue weighted by molar-refractivity contribution is 0.473. The summed E-state index contributed by atoms with van der Waals surface area (Å²) in [5, 5.41) is 1.71. The first kappa shape index (κ1) is 10.9. The Hall–Kier alpha value is -1.19. The molecule has 2 N–H and O–H groups in total. The summed E-state index contributed by atoms with van der Waals surface area (Å²) in [6.45, 7) is 1.86. The zero-order valence-corrected chi connectivity index (χ0v) is 10.3. The van der Waals surface area contributed by atoms with Gasteiger partial charge in [0.05, 0.1) is 5.02 Å². The fourth-order valence-corrected chi connectivity index (χ4v) is 2.60. The molecule has 0 bridgehead atoms. The molecule has 4 heteroatoms. The molecule has 0 spiro atoms. The molecule has 3 nitrogen and oxygen atoms in total. The number of hydrogen-bond acceptors (Lipinski definition) is 3. The minimum absolute atomic E-state index is 0.243. The minimum atomic E-state index is 0.243. The molecule has 1 aromatic heterocycles. The zero-order valence-electron chi connectivity index (χ0n) is 9.53. The van der Waals surface area contributed by atoms with Crippen molar-refractivity contribution < 1.29 is 4.42 Å². The lowest BCUT2D eigenvalue weighted by Gasteiger charge is -2.30. The summed E-state index contributed by atoms with van der Waals surface area (Å²) in [7, 11) is 0. The lowest BCUT2D eigenvalue weighted by Crippen LogP contribution is -2.42. The standard InChI is InChI=1S/C13H15ClN2O/c14-11-5-1-3-9-7-12(17-13(9)11)16-6-2-4-10(15)8-16/h1,3,5,7,10H,2,4,6,8,15H2. The van der Waals surface area contributed by atoms with Gasteiger partial charge in [-0.2, -0.15) is 0 Å². The molecule has 1 aliphatic rings. The molecule has 2 aromatic rings. The monoisotopic (exact) mass is 250 g/mol. The van der Waals surface area contributed by atoms with E-state index in [0.717, 1.165) is 42.8 Å². The van der Waals surface area contributed by atoms with Crippen molar-refractivity contribution in [3.63, 3.8) is 0 Å². The third kappa shape index (κ3) is 2.01. The normalized spacial score (nSPS) is 21.1. The number of fused-ring (bicyclic) bond motifs is 1.